The van der Waals surface area contributed by atoms with Crippen molar-refractivity contribution >= 4 is 22.2 Å². The number of thiophene rings is 1. The Balaban J connectivity index is 2.27. The number of hydrogen-bond donors (Lipinski definition) is 1. The Morgan fingerprint density at radius 1 is 1.35 bits per heavy atom. The van der Waals surface area contributed by atoms with Crippen molar-refractivity contribution in [1.82, 2.24) is 9.80 Å². The fourth-order valence-corrected chi connectivity index (χ4v) is 4.04. The maximum Gasteiger partial charge on any atom is 0.257 e. The number of rotatable bonds is 5. The fourth-order valence-electron chi connectivity index (χ4n) is 2.89. The molecule has 20 heavy (non-hydrogen) atoms. The van der Waals surface area contributed by atoms with Crippen molar-refractivity contribution in [2.24, 2.45) is 0 Å². The first-order valence-corrected chi connectivity index (χ1v) is 8.35. The molecule has 2 N–H and O–H groups in total. The number of nitrogens with two attached hydrogens (primary N) is 1. The normalized spacial score (nSPS) is 15.2. The molecule has 112 valence electrons. The van der Waals surface area contributed by atoms with Gasteiger partial charge in [0.25, 0.3) is 5.91 Å². The molecule has 2 rings (SSSR count). The molecule has 1 aromatic rings. The van der Waals surface area contributed by atoms with Crippen LogP contribution in [0.3, 0.4) is 0 Å². The van der Waals surface area contributed by atoms with Crippen molar-refractivity contribution in [2.45, 2.75) is 40.2 Å². The van der Waals surface area contributed by atoms with Gasteiger partial charge in [-0.25, -0.2) is 0 Å². The van der Waals surface area contributed by atoms with E-state index in [-0.39, 0.29) is 5.91 Å². The molecule has 2 heterocycles. The van der Waals surface area contributed by atoms with Gasteiger partial charge < -0.3 is 10.6 Å². The summed E-state index contributed by atoms with van der Waals surface area (Å²) in [5.41, 5.74) is 8.13. The number of carbonyl (C=O) groups is 1. The molecule has 4 nitrogen and oxygen atoms in total. The maximum absolute atomic E-state index is 12.6. The Bertz CT molecular complexity index is 480. The van der Waals surface area contributed by atoms with E-state index < -0.39 is 0 Å². The minimum absolute atomic E-state index is 0.106. The molecule has 0 unspecified atom stereocenters. The van der Waals surface area contributed by atoms with Crippen LogP contribution in [0.1, 0.15) is 48.0 Å². The molecule has 0 aliphatic carbocycles. The van der Waals surface area contributed by atoms with E-state index in [2.05, 4.69) is 11.8 Å². The van der Waals surface area contributed by atoms with Gasteiger partial charge in [-0.3, -0.25) is 9.69 Å². The highest BCUT2D eigenvalue weighted by atomic mass is 32.1. The molecule has 0 atom stereocenters. The van der Waals surface area contributed by atoms with E-state index in [1.54, 1.807) is 11.3 Å². The van der Waals surface area contributed by atoms with Gasteiger partial charge in [-0.1, -0.05) is 6.92 Å². The van der Waals surface area contributed by atoms with Gasteiger partial charge in [-0.05, 0) is 38.8 Å². The van der Waals surface area contributed by atoms with Crippen LogP contribution in [-0.2, 0) is 13.0 Å². The molecule has 1 aliphatic heterocycles. The zero-order valence-electron chi connectivity index (χ0n) is 12.7. The lowest BCUT2D eigenvalue weighted by atomic mass is 10.0. The van der Waals surface area contributed by atoms with Gasteiger partial charge in [0.15, 0.2) is 0 Å². The molecular formula is C15H25N3OS. The molecule has 0 bridgehead atoms. The van der Waals surface area contributed by atoms with Crippen LogP contribution in [0.15, 0.2) is 0 Å². The van der Waals surface area contributed by atoms with Crippen LogP contribution in [0, 0.1) is 0 Å². The molecule has 0 spiro atoms. The van der Waals surface area contributed by atoms with E-state index in [1.165, 1.54) is 16.9 Å². The molecule has 1 aliphatic rings. The monoisotopic (exact) mass is 295 g/mol. The molecule has 0 aromatic carbocycles. The predicted octanol–water partition coefficient (Wildman–Crippen LogP) is 2.58. The Hall–Kier alpha value is -1.07. The maximum atomic E-state index is 12.6. The summed E-state index contributed by atoms with van der Waals surface area (Å²) in [6.07, 6.45) is 2.12. The smallest absolute Gasteiger partial charge is 0.257 e. The lowest BCUT2D eigenvalue weighted by Gasteiger charge is -2.27. The molecule has 1 amide bonds. The Labute approximate surface area is 125 Å². The highest BCUT2D eigenvalue weighted by molar-refractivity contribution is 7.16. The van der Waals surface area contributed by atoms with Crippen LogP contribution >= 0.6 is 11.3 Å². The van der Waals surface area contributed by atoms with Gasteiger partial charge in [0.2, 0.25) is 0 Å². The zero-order chi connectivity index (χ0) is 14.7. The Morgan fingerprint density at radius 2 is 2.05 bits per heavy atom. The topological polar surface area (TPSA) is 49.6 Å². The van der Waals surface area contributed by atoms with Crippen LogP contribution in [0.4, 0.5) is 5.00 Å². The van der Waals surface area contributed by atoms with Crippen molar-refractivity contribution in [3.63, 3.8) is 0 Å². The number of nitrogens with zero attached hydrogens (tertiary/aromatic N) is 2. The fraction of sp³-hybridized carbons (Fsp3) is 0.667. The van der Waals surface area contributed by atoms with Crippen LogP contribution < -0.4 is 5.73 Å². The molecule has 0 fully saturated rings. The molecular weight excluding hydrogens is 270 g/mol. The summed E-state index contributed by atoms with van der Waals surface area (Å²) in [4.78, 5) is 18.2. The average Bonchev–Trinajstić information content (AvgIpc) is 2.75. The number of amides is 1. The van der Waals surface area contributed by atoms with Gasteiger partial charge in [-0.15, -0.1) is 11.3 Å². The first kappa shape index (κ1) is 15.3. The minimum atomic E-state index is 0.106. The summed E-state index contributed by atoms with van der Waals surface area (Å²) in [6.45, 7) is 10.8. The van der Waals surface area contributed by atoms with E-state index in [9.17, 15) is 4.79 Å². The standard InChI is InChI=1S/C15H25N3OS/c1-4-8-17-9-7-11-12(10-17)20-14(16)13(11)15(19)18(5-2)6-3/h4-10,16H2,1-3H3. The van der Waals surface area contributed by atoms with E-state index in [0.29, 0.717) is 5.00 Å². The van der Waals surface area contributed by atoms with E-state index in [4.69, 9.17) is 5.73 Å². The number of nitrogen functional groups attached to an aromatic ring is 1. The molecule has 1 aromatic heterocycles. The number of hydrogen-bond acceptors (Lipinski definition) is 4. The summed E-state index contributed by atoms with van der Waals surface area (Å²) in [5.74, 6) is 0.106. The summed E-state index contributed by atoms with van der Waals surface area (Å²) in [5, 5.41) is 0.699. The van der Waals surface area contributed by atoms with E-state index in [1.807, 2.05) is 18.7 Å². The third-order valence-corrected chi connectivity index (χ3v) is 5.01. The second kappa shape index (κ2) is 6.59. The summed E-state index contributed by atoms with van der Waals surface area (Å²) < 4.78 is 0. The van der Waals surface area contributed by atoms with E-state index >= 15 is 0 Å². The van der Waals surface area contributed by atoms with Gasteiger partial charge in [0, 0.05) is 31.1 Å². The van der Waals surface area contributed by atoms with Gasteiger partial charge in [0.1, 0.15) is 0 Å². The molecule has 5 heteroatoms. The number of anilines is 1. The van der Waals surface area contributed by atoms with Crippen LogP contribution in [-0.4, -0.2) is 41.9 Å². The largest absolute Gasteiger partial charge is 0.390 e. The SMILES string of the molecule is CCCN1CCc2c(sc(N)c2C(=O)N(CC)CC)C1. The molecule has 0 radical (unpaired) electrons. The van der Waals surface area contributed by atoms with Gasteiger partial charge in [0.05, 0.1) is 10.6 Å². The number of fused-ring (bicyclic) bond motifs is 1. The van der Waals surface area contributed by atoms with Gasteiger partial charge >= 0.3 is 0 Å². The van der Waals surface area contributed by atoms with E-state index in [0.717, 1.165) is 44.7 Å². The average molecular weight is 295 g/mol. The quantitative estimate of drug-likeness (QED) is 0.908. The van der Waals surface area contributed by atoms with Crippen LogP contribution in [0.2, 0.25) is 0 Å². The van der Waals surface area contributed by atoms with Crippen molar-refractivity contribution < 1.29 is 4.79 Å². The highest BCUT2D eigenvalue weighted by Gasteiger charge is 2.28. The van der Waals surface area contributed by atoms with Crippen LogP contribution in [0.25, 0.3) is 0 Å². The first-order chi connectivity index (χ1) is 9.62. The summed E-state index contributed by atoms with van der Waals surface area (Å²) in [6, 6.07) is 0. The number of carbonyl (C=O) groups excluding carboxylic acids is 1. The second-order valence-corrected chi connectivity index (χ2v) is 6.38. The molecule has 0 saturated carbocycles. The van der Waals surface area contributed by atoms with Gasteiger partial charge in [-0.2, -0.15) is 0 Å². The van der Waals surface area contributed by atoms with Crippen LogP contribution in [0.5, 0.6) is 0 Å². The summed E-state index contributed by atoms with van der Waals surface area (Å²) >= 11 is 1.60. The Morgan fingerprint density at radius 3 is 2.65 bits per heavy atom. The van der Waals surface area contributed by atoms with Crippen molar-refractivity contribution in [2.75, 3.05) is 31.9 Å². The minimum Gasteiger partial charge on any atom is -0.390 e. The summed E-state index contributed by atoms with van der Waals surface area (Å²) in [7, 11) is 0. The van der Waals surface area contributed by atoms with Crippen molar-refractivity contribution in [1.29, 1.82) is 0 Å². The Kier molecular flexibility index (Phi) is 5.05. The third kappa shape index (κ3) is 2.83. The second-order valence-electron chi connectivity index (χ2n) is 5.25. The molecule has 0 saturated heterocycles. The predicted molar refractivity (Wildman–Crippen MR) is 85.3 cm³/mol. The lowest BCUT2D eigenvalue weighted by Crippen LogP contribution is -2.34. The lowest BCUT2D eigenvalue weighted by molar-refractivity contribution is 0.0772. The highest BCUT2D eigenvalue weighted by Crippen LogP contribution is 2.35. The first-order valence-electron chi connectivity index (χ1n) is 7.53. The van der Waals surface area contributed by atoms with Crippen molar-refractivity contribution in [3.05, 3.63) is 16.0 Å². The zero-order valence-corrected chi connectivity index (χ0v) is 13.6. The third-order valence-electron chi connectivity index (χ3n) is 3.97. The van der Waals surface area contributed by atoms with Crippen molar-refractivity contribution in [3.8, 4) is 0 Å².